The summed E-state index contributed by atoms with van der Waals surface area (Å²) in [5.74, 6) is 2.33. The monoisotopic (exact) mass is 214 g/mol. The second-order valence-electron chi connectivity index (χ2n) is 5.49. The zero-order chi connectivity index (χ0) is 10.3. The van der Waals surface area contributed by atoms with Crippen molar-refractivity contribution in [2.75, 3.05) is 11.5 Å². The highest BCUT2D eigenvalue weighted by Gasteiger charge is 2.46. The van der Waals surface area contributed by atoms with Crippen LogP contribution in [0.5, 0.6) is 0 Å². The molecule has 2 aliphatic rings. The zero-order valence-corrected chi connectivity index (χ0v) is 9.64. The van der Waals surface area contributed by atoms with Crippen molar-refractivity contribution < 1.29 is 9.90 Å². The number of hydrogen-bond donors (Lipinski definition) is 1. The van der Waals surface area contributed by atoms with Gasteiger partial charge in [-0.2, -0.15) is 11.8 Å². The Morgan fingerprint density at radius 1 is 1.29 bits per heavy atom. The Bertz CT molecular complexity index is 234. The molecule has 0 aromatic rings. The van der Waals surface area contributed by atoms with Crippen LogP contribution in [-0.2, 0) is 4.79 Å². The molecule has 0 radical (unpaired) electrons. The van der Waals surface area contributed by atoms with Gasteiger partial charge in [-0.3, -0.25) is 4.79 Å². The molecule has 14 heavy (non-hydrogen) atoms. The molecule has 3 heteroatoms. The Morgan fingerprint density at radius 3 is 2.21 bits per heavy atom. The van der Waals surface area contributed by atoms with Crippen molar-refractivity contribution in [3.63, 3.8) is 0 Å². The number of carbonyl (C=O) groups is 1. The Balaban J connectivity index is 2.19. The maximum atomic E-state index is 11.2. The van der Waals surface area contributed by atoms with Crippen molar-refractivity contribution >= 4 is 17.7 Å². The topological polar surface area (TPSA) is 37.3 Å². The van der Waals surface area contributed by atoms with E-state index in [1.807, 2.05) is 11.8 Å². The second-order valence-corrected chi connectivity index (χ2v) is 6.57. The summed E-state index contributed by atoms with van der Waals surface area (Å²) in [4.78, 5) is 11.2. The van der Waals surface area contributed by atoms with Crippen molar-refractivity contribution in [2.24, 2.45) is 23.2 Å². The van der Waals surface area contributed by atoms with E-state index in [1.165, 1.54) is 0 Å². The normalized spacial score (nSPS) is 40.6. The molecule has 2 atom stereocenters. The Hall–Kier alpha value is -0.180. The van der Waals surface area contributed by atoms with Crippen LogP contribution in [0, 0.1) is 23.2 Å². The minimum atomic E-state index is -0.559. The summed E-state index contributed by atoms with van der Waals surface area (Å²) < 4.78 is 0. The number of thioether (sulfide) groups is 1. The predicted octanol–water partition coefficient (Wildman–Crippen LogP) is 2.49. The minimum absolute atomic E-state index is 0.0516. The summed E-state index contributed by atoms with van der Waals surface area (Å²) in [6.45, 7) is 4.56. The van der Waals surface area contributed by atoms with Crippen LogP contribution >= 0.6 is 11.8 Å². The molecule has 1 saturated heterocycles. The lowest BCUT2D eigenvalue weighted by atomic mass is 9.63. The molecule has 0 aromatic heterocycles. The molecule has 2 nitrogen and oxygen atoms in total. The molecule has 2 rings (SSSR count). The second kappa shape index (κ2) is 3.44. The molecule has 1 aliphatic heterocycles. The Morgan fingerprint density at radius 2 is 1.79 bits per heavy atom. The highest BCUT2D eigenvalue weighted by atomic mass is 32.2. The maximum Gasteiger partial charge on any atom is 0.307 e. The first kappa shape index (κ1) is 10.3. The van der Waals surface area contributed by atoms with Crippen LogP contribution in [0.4, 0.5) is 0 Å². The summed E-state index contributed by atoms with van der Waals surface area (Å²) >= 11 is 1.95. The SMILES string of the molecule is CC1(C)CC2CSCC(C1)C2C(=O)O. The van der Waals surface area contributed by atoms with Crippen LogP contribution in [0.3, 0.4) is 0 Å². The lowest BCUT2D eigenvalue weighted by Gasteiger charge is -2.47. The molecule has 1 heterocycles. The first-order valence-electron chi connectivity index (χ1n) is 5.30. The molecule has 1 saturated carbocycles. The van der Waals surface area contributed by atoms with Gasteiger partial charge < -0.3 is 5.11 Å². The number of aliphatic carboxylic acids is 1. The van der Waals surface area contributed by atoms with Gasteiger partial charge in [0.1, 0.15) is 0 Å². The third kappa shape index (κ3) is 1.79. The van der Waals surface area contributed by atoms with Gasteiger partial charge in [0.25, 0.3) is 0 Å². The molecule has 2 bridgehead atoms. The molecule has 0 aromatic carbocycles. The van der Waals surface area contributed by atoms with E-state index in [2.05, 4.69) is 13.8 Å². The fourth-order valence-electron chi connectivity index (χ4n) is 3.24. The van der Waals surface area contributed by atoms with Crippen LogP contribution in [0.2, 0.25) is 0 Å². The van der Waals surface area contributed by atoms with E-state index in [1.54, 1.807) is 0 Å². The van der Waals surface area contributed by atoms with Crippen LogP contribution in [0.15, 0.2) is 0 Å². The van der Waals surface area contributed by atoms with E-state index in [0.29, 0.717) is 17.3 Å². The first-order chi connectivity index (χ1) is 6.49. The smallest absolute Gasteiger partial charge is 0.307 e. The summed E-state index contributed by atoms with van der Waals surface area (Å²) in [6, 6.07) is 0. The van der Waals surface area contributed by atoms with Crippen LogP contribution in [-0.4, -0.2) is 22.6 Å². The largest absolute Gasteiger partial charge is 0.481 e. The van der Waals surface area contributed by atoms with E-state index >= 15 is 0 Å². The summed E-state index contributed by atoms with van der Waals surface area (Å²) in [6.07, 6.45) is 2.18. The first-order valence-corrected chi connectivity index (χ1v) is 6.46. The number of carboxylic acids is 1. The van der Waals surface area contributed by atoms with Crippen molar-refractivity contribution in [1.82, 2.24) is 0 Å². The quantitative estimate of drug-likeness (QED) is 0.728. The van der Waals surface area contributed by atoms with E-state index in [9.17, 15) is 9.90 Å². The van der Waals surface area contributed by atoms with Crippen LogP contribution < -0.4 is 0 Å². The third-order valence-electron chi connectivity index (χ3n) is 3.59. The Kier molecular flexibility index (Phi) is 2.54. The molecule has 1 N–H and O–H groups in total. The van der Waals surface area contributed by atoms with Crippen LogP contribution in [0.25, 0.3) is 0 Å². The lowest BCUT2D eigenvalue weighted by molar-refractivity contribution is -0.148. The lowest BCUT2D eigenvalue weighted by Crippen LogP contribution is -2.45. The summed E-state index contributed by atoms with van der Waals surface area (Å²) in [5.41, 5.74) is 0.363. The van der Waals surface area contributed by atoms with Crippen LogP contribution in [0.1, 0.15) is 26.7 Å². The Labute approximate surface area is 89.5 Å². The standard InChI is InChI=1S/C11H18O2S/c1-11(2)3-7-5-14-6-8(4-11)9(7)10(12)13/h7-9H,3-6H2,1-2H3,(H,12,13). The van der Waals surface area contributed by atoms with Crippen molar-refractivity contribution in [3.05, 3.63) is 0 Å². The van der Waals surface area contributed by atoms with Gasteiger partial charge >= 0.3 is 5.97 Å². The maximum absolute atomic E-state index is 11.2. The van der Waals surface area contributed by atoms with E-state index in [4.69, 9.17) is 0 Å². The average molecular weight is 214 g/mol. The molecule has 2 fully saturated rings. The van der Waals surface area contributed by atoms with Gasteiger partial charge in [0.05, 0.1) is 5.92 Å². The van der Waals surface area contributed by atoms with E-state index in [0.717, 1.165) is 24.3 Å². The van der Waals surface area contributed by atoms with E-state index in [-0.39, 0.29) is 5.92 Å². The van der Waals surface area contributed by atoms with Gasteiger partial charge in [-0.15, -0.1) is 0 Å². The highest BCUT2D eigenvalue weighted by molar-refractivity contribution is 7.99. The number of fused-ring (bicyclic) bond motifs is 2. The fraction of sp³-hybridized carbons (Fsp3) is 0.909. The molecule has 2 unspecified atom stereocenters. The summed E-state index contributed by atoms with van der Waals surface area (Å²) in [7, 11) is 0. The number of rotatable bonds is 1. The number of carboxylic acid groups (broad SMARTS) is 1. The molecular weight excluding hydrogens is 196 g/mol. The molecule has 80 valence electrons. The fourth-order valence-corrected chi connectivity index (χ4v) is 4.63. The van der Waals surface area contributed by atoms with Gasteiger partial charge in [0.2, 0.25) is 0 Å². The van der Waals surface area contributed by atoms with Gasteiger partial charge in [0.15, 0.2) is 0 Å². The van der Waals surface area contributed by atoms with Gasteiger partial charge in [-0.1, -0.05) is 13.8 Å². The molecular formula is C11H18O2S. The molecule has 1 aliphatic carbocycles. The van der Waals surface area contributed by atoms with Gasteiger partial charge in [0, 0.05) is 0 Å². The van der Waals surface area contributed by atoms with Crippen molar-refractivity contribution in [2.45, 2.75) is 26.7 Å². The van der Waals surface area contributed by atoms with Gasteiger partial charge in [-0.05, 0) is 41.6 Å². The predicted molar refractivity (Wildman–Crippen MR) is 58.4 cm³/mol. The molecule has 0 spiro atoms. The third-order valence-corrected chi connectivity index (χ3v) is 4.92. The minimum Gasteiger partial charge on any atom is -0.481 e. The highest BCUT2D eigenvalue weighted by Crippen LogP contribution is 2.50. The molecule has 0 amide bonds. The van der Waals surface area contributed by atoms with Crippen molar-refractivity contribution in [3.8, 4) is 0 Å². The van der Waals surface area contributed by atoms with Gasteiger partial charge in [-0.25, -0.2) is 0 Å². The zero-order valence-electron chi connectivity index (χ0n) is 8.82. The van der Waals surface area contributed by atoms with Crippen molar-refractivity contribution in [1.29, 1.82) is 0 Å². The average Bonchev–Trinajstić information content (AvgIpc) is 1.99. The summed E-state index contributed by atoms with van der Waals surface area (Å²) in [5, 5.41) is 9.21. The van der Waals surface area contributed by atoms with E-state index < -0.39 is 5.97 Å². The number of hydrogen-bond acceptors (Lipinski definition) is 2.